The van der Waals surface area contributed by atoms with Gasteiger partial charge in [-0.1, -0.05) is 34.5 Å². The van der Waals surface area contributed by atoms with E-state index in [9.17, 15) is 8.42 Å². The van der Waals surface area contributed by atoms with Crippen LogP contribution in [-0.4, -0.2) is 29.6 Å². The summed E-state index contributed by atoms with van der Waals surface area (Å²) in [5.74, 6) is 0. The Hall–Kier alpha value is -0.110. The molecule has 0 aliphatic carbocycles. The minimum Gasteiger partial charge on any atom is -0.255 e. The zero-order chi connectivity index (χ0) is 13.1. The fraction of sp³-hybridized carbons (Fsp3) is 0.667. The SMILES string of the molecule is CCC(CCBr)NS(=O)(=O)c1c(Cl)cnn1C. The summed E-state index contributed by atoms with van der Waals surface area (Å²) < 4.78 is 28.1. The highest BCUT2D eigenvalue weighted by molar-refractivity contribution is 9.09. The maximum Gasteiger partial charge on any atom is 0.259 e. The van der Waals surface area contributed by atoms with E-state index in [1.165, 1.54) is 10.9 Å². The number of alkyl halides is 1. The third kappa shape index (κ3) is 3.67. The van der Waals surface area contributed by atoms with Crippen molar-refractivity contribution >= 4 is 37.6 Å². The van der Waals surface area contributed by atoms with E-state index in [2.05, 4.69) is 25.8 Å². The second-order valence-electron chi connectivity index (χ2n) is 3.63. The van der Waals surface area contributed by atoms with Crippen molar-refractivity contribution in [1.82, 2.24) is 14.5 Å². The predicted octanol–water partition coefficient (Wildman–Crippen LogP) is 1.92. The number of hydrogen-bond acceptors (Lipinski definition) is 3. The highest BCUT2D eigenvalue weighted by Crippen LogP contribution is 2.20. The Morgan fingerprint density at radius 3 is 2.71 bits per heavy atom. The average Bonchev–Trinajstić information content (AvgIpc) is 2.58. The lowest BCUT2D eigenvalue weighted by Gasteiger charge is -2.16. The van der Waals surface area contributed by atoms with Crippen molar-refractivity contribution in [3.05, 3.63) is 11.2 Å². The van der Waals surface area contributed by atoms with Gasteiger partial charge in [-0.2, -0.15) is 5.10 Å². The summed E-state index contributed by atoms with van der Waals surface area (Å²) in [6.07, 6.45) is 2.77. The predicted molar refractivity (Wildman–Crippen MR) is 71.0 cm³/mol. The number of nitrogens with zero attached hydrogens (tertiary/aromatic N) is 2. The van der Waals surface area contributed by atoms with Gasteiger partial charge in [0.05, 0.1) is 11.2 Å². The van der Waals surface area contributed by atoms with Crippen LogP contribution < -0.4 is 4.72 Å². The van der Waals surface area contributed by atoms with Gasteiger partial charge >= 0.3 is 0 Å². The third-order valence-corrected chi connectivity index (χ3v) is 4.85. The summed E-state index contributed by atoms with van der Waals surface area (Å²) >= 11 is 9.12. The zero-order valence-electron chi connectivity index (χ0n) is 9.65. The van der Waals surface area contributed by atoms with Gasteiger partial charge in [-0.05, 0) is 12.8 Å². The van der Waals surface area contributed by atoms with E-state index < -0.39 is 10.0 Å². The molecule has 0 amide bonds. The molecule has 1 rings (SSSR count). The molecule has 5 nitrogen and oxygen atoms in total. The Morgan fingerprint density at radius 2 is 2.29 bits per heavy atom. The Balaban J connectivity index is 2.96. The van der Waals surface area contributed by atoms with Gasteiger partial charge in [-0.25, -0.2) is 13.1 Å². The van der Waals surface area contributed by atoms with Crippen LogP contribution in [0.25, 0.3) is 0 Å². The van der Waals surface area contributed by atoms with Gasteiger partial charge in [0, 0.05) is 18.4 Å². The first-order valence-electron chi connectivity index (χ1n) is 5.18. The summed E-state index contributed by atoms with van der Waals surface area (Å²) in [5.41, 5.74) is 0. The van der Waals surface area contributed by atoms with Crippen LogP contribution >= 0.6 is 27.5 Å². The fourth-order valence-corrected chi connectivity index (χ4v) is 4.02. The summed E-state index contributed by atoms with van der Waals surface area (Å²) in [6, 6.07) is -0.106. The van der Waals surface area contributed by atoms with Crippen LogP contribution in [0.15, 0.2) is 11.2 Å². The molecule has 0 radical (unpaired) electrons. The molecule has 8 heteroatoms. The van der Waals surface area contributed by atoms with E-state index in [0.29, 0.717) is 0 Å². The lowest BCUT2D eigenvalue weighted by atomic mass is 10.2. The largest absolute Gasteiger partial charge is 0.259 e. The molecule has 0 aliphatic rings. The first-order chi connectivity index (χ1) is 7.92. The first kappa shape index (κ1) is 14.9. The third-order valence-electron chi connectivity index (χ3n) is 2.37. The van der Waals surface area contributed by atoms with Gasteiger partial charge in [0.15, 0.2) is 5.03 Å². The van der Waals surface area contributed by atoms with Gasteiger partial charge in [0.1, 0.15) is 0 Å². The fourth-order valence-electron chi connectivity index (χ4n) is 1.46. The van der Waals surface area contributed by atoms with E-state index in [1.807, 2.05) is 6.92 Å². The molecule has 17 heavy (non-hydrogen) atoms. The Kier molecular flexibility index (Phi) is 5.43. The number of hydrogen-bond donors (Lipinski definition) is 1. The molecule has 0 fully saturated rings. The van der Waals surface area contributed by atoms with E-state index >= 15 is 0 Å². The summed E-state index contributed by atoms with van der Waals surface area (Å²) in [6.45, 7) is 1.93. The van der Waals surface area contributed by atoms with Crippen LogP contribution in [0.3, 0.4) is 0 Å². The van der Waals surface area contributed by atoms with Crippen LogP contribution in [0.1, 0.15) is 19.8 Å². The summed E-state index contributed by atoms with van der Waals surface area (Å²) in [4.78, 5) is 0. The number of aryl methyl sites for hydroxylation is 1. The molecule has 0 saturated heterocycles. The molecule has 0 aromatic carbocycles. The molecule has 0 saturated carbocycles. The maximum atomic E-state index is 12.1. The van der Waals surface area contributed by atoms with Crippen molar-refractivity contribution in [3.8, 4) is 0 Å². The molecule has 98 valence electrons. The van der Waals surface area contributed by atoms with Crippen molar-refractivity contribution in [3.63, 3.8) is 0 Å². The minimum absolute atomic E-state index is 0.00666. The van der Waals surface area contributed by atoms with E-state index in [1.54, 1.807) is 7.05 Å². The Bertz CT molecular complexity index is 455. The minimum atomic E-state index is -3.61. The molecule has 1 aromatic rings. The van der Waals surface area contributed by atoms with Crippen LogP contribution in [0.2, 0.25) is 5.02 Å². The van der Waals surface area contributed by atoms with Crippen molar-refractivity contribution in [2.45, 2.75) is 30.8 Å². The van der Waals surface area contributed by atoms with Gasteiger partial charge in [-0.15, -0.1) is 0 Å². The lowest BCUT2D eigenvalue weighted by Crippen LogP contribution is -2.35. The standard InChI is InChI=1S/C9H15BrClN3O2S/c1-3-7(4-5-10)13-17(15,16)9-8(11)6-12-14(9)2/h6-7,13H,3-5H2,1-2H3. The molecule has 1 unspecified atom stereocenters. The topological polar surface area (TPSA) is 64.0 Å². The van der Waals surface area contributed by atoms with Crippen LogP contribution in [-0.2, 0) is 17.1 Å². The monoisotopic (exact) mass is 343 g/mol. The lowest BCUT2D eigenvalue weighted by molar-refractivity contribution is 0.522. The van der Waals surface area contributed by atoms with Crippen molar-refractivity contribution in [2.75, 3.05) is 5.33 Å². The van der Waals surface area contributed by atoms with Crippen LogP contribution in [0.4, 0.5) is 0 Å². The number of aromatic nitrogens is 2. The number of halogens is 2. The van der Waals surface area contributed by atoms with Gasteiger partial charge in [0.25, 0.3) is 10.0 Å². The summed E-state index contributed by atoms with van der Waals surface area (Å²) in [7, 11) is -2.07. The molecule has 0 spiro atoms. The number of sulfonamides is 1. The van der Waals surface area contributed by atoms with Crippen molar-refractivity contribution < 1.29 is 8.42 Å². The highest BCUT2D eigenvalue weighted by atomic mass is 79.9. The molecular weight excluding hydrogens is 330 g/mol. The molecule has 1 atom stereocenters. The van der Waals surface area contributed by atoms with Gasteiger partial charge in [0.2, 0.25) is 0 Å². The summed E-state index contributed by atoms with van der Waals surface area (Å²) in [5, 5.41) is 4.70. The maximum absolute atomic E-state index is 12.1. The normalized spacial score (nSPS) is 13.9. The molecule has 0 bridgehead atoms. The van der Waals surface area contributed by atoms with Gasteiger partial charge in [-0.3, -0.25) is 4.68 Å². The molecule has 1 heterocycles. The van der Waals surface area contributed by atoms with E-state index in [4.69, 9.17) is 11.6 Å². The number of rotatable bonds is 6. The Labute approximate surface area is 115 Å². The van der Waals surface area contributed by atoms with Crippen LogP contribution in [0, 0.1) is 0 Å². The zero-order valence-corrected chi connectivity index (χ0v) is 12.8. The molecule has 1 N–H and O–H groups in total. The highest BCUT2D eigenvalue weighted by Gasteiger charge is 2.25. The van der Waals surface area contributed by atoms with Gasteiger partial charge < -0.3 is 0 Å². The van der Waals surface area contributed by atoms with E-state index in [-0.39, 0.29) is 16.1 Å². The average molecular weight is 345 g/mol. The van der Waals surface area contributed by atoms with Crippen LogP contribution in [0.5, 0.6) is 0 Å². The molecular formula is C9H15BrClN3O2S. The van der Waals surface area contributed by atoms with E-state index in [0.717, 1.165) is 18.2 Å². The Morgan fingerprint density at radius 1 is 1.65 bits per heavy atom. The quantitative estimate of drug-likeness (QED) is 0.802. The van der Waals surface area contributed by atoms with Crippen molar-refractivity contribution in [1.29, 1.82) is 0 Å². The smallest absolute Gasteiger partial charge is 0.255 e. The molecule has 0 aliphatic heterocycles. The number of nitrogens with one attached hydrogen (secondary N) is 1. The second kappa shape index (κ2) is 6.17. The first-order valence-corrected chi connectivity index (χ1v) is 8.16. The molecule has 1 aromatic heterocycles. The van der Waals surface area contributed by atoms with Crippen molar-refractivity contribution in [2.24, 2.45) is 7.05 Å². The second-order valence-corrected chi connectivity index (χ2v) is 6.45.